The van der Waals surface area contributed by atoms with Gasteiger partial charge in [-0.1, -0.05) is 32.6 Å². The lowest BCUT2D eigenvalue weighted by atomic mass is 9.97. The van der Waals surface area contributed by atoms with Crippen molar-refractivity contribution in [1.82, 2.24) is 5.32 Å². The molecule has 0 aliphatic carbocycles. The Bertz CT molecular complexity index is 171. The van der Waals surface area contributed by atoms with Gasteiger partial charge in [0.25, 0.3) is 0 Å². The number of hydrogen-bond donors (Lipinski definition) is 1. The Hall–Kier alpha value is -0.570. The number of esters is 1. The fraction of sp³-hybridized carbons (Fsp3) is 0.923. The molecule has 96 valence electrons. The molecule has 0 spiro atoms. The van der Waals surface area contributed by atoms with Gasteiger partial charge in [0.2, 0.25) is 0 Å². The summed E-state index contributed by atoms with van der Waals surface area (Å²) in [5, 5.41) is 3.09. The molecule has 0 aromatic heterocycles. The lowest BCUT2D eigenvalue weighted by molar-refractivity contribution is -0.148. The van der Waals surface area contributed by atoms with Crippen molar-refractivity contribution in [2.45, 2.75) is 52.4 Å². The van der Waals surface area contributed by atoms with Crippen LogP contribution in [-0.2, 0) is 9.53 Å². The Balaban J connectivity index is 3.84. The molecule has 1 N–H and O–H groups in total. The summed E-state index contributed by atoms with van der Waals surface area (Å²) in [6.45, 7) is 5.44. The van der Waals surface area contributed by atoms with E-state index in [1.54, 1.807) is 0 Å². The molecule has 0 saturated carbocycles. The van der Waals surface area contributed by atoms with E-state index in [-0.39, 0.29) is 11.9 Å². The van der Waals surface area contributed by atoms with E-state index in [0.29, 0.717) is 6.61 Å². The van der Waals surface area contributed by atoms with Gasteiger partial charge in [0.1, 0.15) is 0 Å². The van der Waals surface area contributed by atoms with E-state index in [0.717, 1.165) is 25.8 Å². The maximum absolute atomic E-state index is 11.7. The van der Waals surface area contributed by atoms with Crippen molar-refractivity contribution >= 4 is 5.97 Å². The van der Waals surface area contributed by atoms with Crippen molar-refractivity contribution < 1.29 is 9.53 Å². The lowest BCUT2D eigenvalue weighted by Crippen LogP contribution is -2.22. The molecular weight excluding hydrogens is 202 g/mol. The van der Waals surface area contributed by atoms with Crippen LogP contribution in [0, 0.1) is 5.92 Å². The molecule has 0 fully saturated rings. The minimum atomic E-state index is -0.0192. The Kier molecular flexibility index (Phi) is 10.5. The summed E-state index contributed by atoms with van der Waals surface area (Å²) in [5.41, 5.74) is 0. The summed E-state index contributed by atoms with van der Waals surface area (Å²) in [5.74, 6) is 0.0681. The smallest absolute Gasteiger partial charge is 0.308 e. The van der Waals surface area contributed by atoms with Gasteiger partial charge in [0, 0.05) is 0 Å². The number of ether oxygens (including phenoxy) is 1. The van der Waals surface area contributed by atoms with Crippen LogP contribution in [0.3, 0.4) is 0 Å². The first-order valence-corrected chi connectivity index (χ1v) is 6.57. The maximum atomic E-state index is 11.7. The molecule has 0 saturated heterocycles. The highest BCUT2D eigenvalue weighted by atomic mass is 16.5. The van der Waals surface area contributed by atoms with Gasteiger partial charge in [-0.2, -0.15) is 0 Å². The van der Waals surface area contributed by atoms with E-state index >= 15 is 0 Å². The summed E-state index contributed by atoms with van der Waals surface area (Å²) in [7, 11) is 1.92. The van der Waals surface area contributed by atoms with E-state index in [1.165, 1.54) is 19.3 Å². The van der Waals surface area contributed by atoms with Crippen LogP contribution < -0.4 is 5.32 Å². The highest BCUT2D eigenvalue weighted by molar-refractivity contribution is 5.72. The second kappa shape index (κ2) is 10.9. The van der Waals surface area contributed by atoms with Crippen LogP contribution >= 0.6 is 0 Å². The number of carbonyl (C=O) groups is 1. The second-order valence-corrected chi connectivity index (χ2v) is 4.19. The quantitative estimate of drug-likeness (QED) is 0.462. The standard InChI is InChI=1S/C13H27NO2/c1-4-6-7-8-9-12(10-11-14-3)13(15)16-5-2/h12,14H,4-11H2,1-3H3. The third-order valence-electron chi connectivity index (χ3n) is 2.77. The van der Waals surface area contributed by atoms with Gasteiger partial charge in [-0.25, -0.2) is 0 Å². The van der Waals surface area contributed by atoms with E-state index in [4.69, 9.17) is 4.74 Å². The zero-order valence-corrected chi connectivity index (χ0v) is 11.1. The van der Waals surface area contributed by atoms with Crippen LogP contribution in [0.1, 0.15) is 52.4 Å². The van der Waals surface area contributed by atoms with E-state index < -0.39 is 0 Å². The largest absolute Gasteiger partial charge is 0.466 e. The number of rotatable bonds is 10. The molecule has 0 amide bonds. The van der Waals surface area contributed by atoms with Crippen molar-refractivity contribution in [1.29, 1.82) is 0 Å². The molecular formula is C13H27NO2. The van der Waals surface area contributed by atoms with Gasteiger partial charge in [0.15, 0.2) is 0 Å². The van der Waals surface area contributed by atoms with Gasteiger partial charge in [-0.3, -0.25) is 4.79 Å². The summed E-state index contributed by atoms with van der Waals surface area (Å²) < 4.78 is 5.09. The number of hydrogen-bond acceptors (Lipinski definition) is 3. The molecule has 3 nitrogen and oxygen atoms in total. The predicted molar refractivity (Wildman–Crippen MR) is 67.4 cm³/mol. The molecule has 0 heterocycles. The molecule has 0 aliphatic rings. The summed E-state index contributed by atoms with van der Waals surface area (Å²) in [6.07, 6.45) is 6.73. The van der Waals surface area contributed by atoms with Crippen molar-refractivity contribution in [2.24, 2.45) is 5.92 Å². The summed E-state index contributed by atoms with van der Waals surface area (Å²) in [4.78, 5) is 11.7. The predicted octanol–water partition coefficient (Wildman–Crippen LogP) is 2.75. The number of carbonyl (C=O) groups excluding carboxylic acids is 1. The summed E-state index contributed by atoms with van der Waals surface area (Å²) >= 11 is 0. The van der Waals surface area contributed by atoms with Crippen LogP contribution in [0.4, 0.5) is 0 Å². The minimum absolute atomic E-state index is 0.0192. The Morgan fingerprint density at radius 1 is 1.19 bits per heavy atom. The van der Waals surface area contributed by atoms with E-state index in [9.17, 15) is 4.79 Å². The topological polar surface area (TPSA) is 38.3 Å². The Morgan fingerprint density at radius 3 is 2.50 bits per heavy atom. The van der Waals surface area contributed by atoms with Crippen molar-refractivity contribution in [3.63, 3.8) is 0 Å². The van der Waals surface area contributed by atoms with Crippen molar-refractivity contribution in [3.8, 4) is 0 Å². The van der Waals surface area contributed by atoms with Crippen LogP contribution in [-0.4, -0.2) is 26.2 Å². The molecule has 1 unspecified atom stereocenters. The van der Waals surface area contributed by atoms with Crippen molar-refractivity contribution in [3.05, 3.63) is 0 Å². The van der Waals surface area contributed by atoms with Gasteiger partial charge < -0.3 is 10.1 Å². The Morgan fingerprint density at radius 2 is 1.94 bits per heavy atom. The third-order valence-corrected chi connectivity index (χ3v) is 2.77. The van der Waals surface area contributed by atoms with E-state index in [2.05, 4.69) is 12.2 Å². The van der Waals surface area contributed by atoms with Gasteiger partial charge in [-0.15, -0.1) is 0 Å². The van der Waals surface area contributed by atoms with Crippen LogP contribution in [0.25, 0.3) is 0 Å². The van der Waals surface area contributed by atoms with Crippen molar-refractivity contribution in [2.75, 3.05) is 20.2 Å². The second-order valence-electron chi connectivity index (χ2n) is 4.19. The first-order chi connectivity index (χ1) is 7.76. The molecule has 16 heavy (non-hydrogen) atoms. The number of unbranched alkanes of at least 4 members (excludes halogenated alkanes) is 3. The minimum Gasteiger partial charge on any atom is -0.466 e. The highest BCUT2D eigenvalue weighted by Crippen LogP contribution is 2.15. The van der Waals surface area contributed by atoms with E-state index in [1.807, 2.05) is 14.0 Å². The third kappa shape index (κ3) is 7.69. The van der Waals surface area contributed by atoms with Gasteiger partial charge in [-0.05, 0) is 33.4 Å². The van der Waals surface area contributed by atoms with Gasteiger partial charge in [0.05, 0.1) is 12.5 Å². The van der Waals surface area contributed by atoms with Crippen LogP contribution in [0.2, 0.25) is 0 Å². The lowest BCUT2D eigenvalue weighted by Gasteiger charge is -2.15. The van der Waals surface area contributed by atoms with Crippen LogP contribution in [0.5, 0.6) is 0 Å². The first kappa shape index (κ1) is 15.4. The molecule has 0 aliphatic heterocycles. The molecule has 0 aromatic carbocycles. The average molecular weight is 229 g/mol. The fourth-order valence-corrected chi connectivity index (χ4v) is 1.78. The highest BCUT2D eigenvalue weighted by Gasteiger charge is 2.18. The maximum Gasteiger partial charge on any atom is 0.308 e. The average Bonchev–Trinajstić information content (AvgIpc) is 2.28. The van der Waals surface area contributed by atoms with Crippen LogP contribution in [0.15, 0.2) is 0 Å². The molecule has 0 aromatic rings. The Labute approximate surface area is 99.9 Å². The molecule has 0 bridgehead atoms. The SMILES string of the molecule is CCCCCCC(CCNC)C(=O)OCC. The zero-order chi connectivity index (χ0) is 12.2. The summed E-state index contributed by atoms with van der Waals surface area (Å²) in [6, 6.07) is 0. The van der Waals surface area contributed by atoms with Gasteiger partial charge >= 0.3 is 5.97 Å². The number of nitrogens with one attached hydrogen (secondary N) is 1. The first-order valence-electron chi connectivity index (χ1n) is 6.57. The molecule has 1 atom stereocenters. The fourth-order valence-electron chi connectivity index (χ4n) is 1.78. The molecule has 0 radical (unpaired) electrons. The monoisotopic (exact) mass is 229 g/mol. The zero-order valence-electron chi connectivity index (χ0n) is 11.1. The molecule has 3 heteroatoms. The normalized spacial score (nSPS) is 12.4. The molecule has 0 rings (SSSR count).